The van der Waals surface area contributed by atoms with E-state index in [0.717, 1.165) is 157 Å². The third kappa shape index (κ3) is 9.43. The summed E-state index contributed by atoms with van der Waals surface area (Å²) in [7, 11) is 0. The first kappa shape index (κ1) is 52.6. The summed E-state index contributed by atoms with van der Waals surface area (Å²) in [6, 6.07) is 111. The van der Waals surface area contributed by atoms with Gasteiger partial charge in [0, 0.05) is 94.5 Å². The van der Waals surface area contributed by atoms with Crippen molar-refractivity contribution in [1.29, 1.82) is 0 Å². The van der Waals surface area contributed by atoms with Gasteiger partial charge in [0.1, 0.15) is 11.5 Å². The lowest BCUT2D eigenvalue weighted by Gasteiger charge is -2.46. The van der Waals surface area contributed by atoms with Crippen molar-refractivity contribution in [3.05, 3.63) is 381 Å². The zero-order chi connectivity index (χ0) is 76.4. The molecule has 0 unspecified atom stereocenters. The van der Waals surface area contributed by atoms with E-state index in [1.807, 2.05) is 24.3 Å². The fraction of sp³-hybridized carbons (Fsp3) is 0.0303. The molecule has 0 radical (unpaired) electrons. The Morgan fingerprint density at radius 1 is 0.295 bits per heavy atom. The molecule has 18 aromatic rings. The van der Waals surface area contributed by atoms with Gasteiger partial charge in [-0.15, -0.1) is 0 Å². The van der Waals surface area contributed by atoms with Crippen molar-refractivity contribution in [2.75, 3.05) is 9.80 Å². The number of fused-ring (bicyclic) bond motifs is 12. The van der Waals surface area contributed by atoms with E-state index in [-0.39, 0.29) is 33.9 Å². The van der Waals surface area contributed by atoms with Gasteiger partial charge >= 0.3 is 0 Å². The summed E-state index contributed by atoms with van der Waals surface area (Å²) >= 11 is 0. The smallest absolute Gasteiger partial charge is 0.252 e. The van der Waals surface area contributed by atoms with Crippen LogP contribution in [0.2, 0.25) is 0 Å². The number of nitrogens with zero attached hydrogens (tertiary/aromatic N) is 4. The summed E-state index contributed by atoms with van der Waals surface area (Å²) in [5.74, 6) is 1.55. The molecule has 0 N–H and O–H groups in total. The average Bonchev–Trinajstić information content (AvgIpc) is 1.69. The minimum Gasteiger partial charge on any atom is -0.457 e. The fourth-order valence-electron chi connectivity index (χ4n) is 17.2. The summed E-state index contributed by atoms with van der Waals surface area (Å²) < 4.78 is 86.7. The largest absolute Gasteiger partial charge is 0.457 e. The molecule has 2 aromatic heterocycles. The normalized spacial score (nSPS) is 14.2. The number of anilines is 6. The Hall–Kier alpha value is -13.4. The van der Waals surface area contributed by atoms with Crippen LogP contribution in [0.25, 0.3) is 122 Å². The Labute approximate surface area is 622 Å². The molecule has 0 saturated carbocycles. The van der Waals surface area contributed by atoms with Crippen LogP contribution < -0.4 is 30.9 Å². The van der Waals surface area contributed by atoms with Crippen molar-refractivity contribution >= 4 is 101 Å². The van der Waals surface area contributed by atoms with Crippen molar-refractivity contribution in [1.82, 2.24) is 9.13 Å². The molecule has 5 heterocycles. The quantitative estimate of drug-likeness (QED) is 0.128. The number of aromatic nitrogens is 2. The molecule has 6 heteroatoms. The molecule has 5 nitrogen and oxygen atoms in total. The second-order valence-corrected chi connectivity index (χ2v) is 28.0. The van der Waals surface area contributed by atoms with Crippen molar-refractivity contribution in [3.8, 4) is 89.6 Å². The van der Waals surface area contributed by atoms with Gasteiger partial charge in [0.25, 0.3) is 6.71 Å². The molecular formula is C99H67BN4O. The highest BCUT2D eigenvalue weighted by Crippen LogP contribution is 2.56. The van der Waals surface area contributed by atoms with Gasteiger partial charge in [0.05, 0.1) is 44.4 Å². The Balaban J connectivity index is 0.915. The number of rotatable bonds is 10. The number of ether oxygens (including phenoxy) is 1. The Kier molecular flexibility index (Phi) is 11.9. The molecule has 0 fully saturated rings. The molecule has 105 heavy (non-hydrogen) atoms. The first-order chi connectivity index (χ1) is 55.2. The Morgan fingerprint density at radius 3 is 1.25 bits per heavy atom. The molecule has 3 aliphatic rings. The zero-order valence-corrected chi connectivity index (χ0v) is 57.4. The third-order valence-electron chi connectivity index (χ3n) is 22.0. The number of hydrogen-bond acceptors (Lipinski definition) is 3. The summed E-state index contributed by atoms with van der Waals surface area (Å²) in [5, 5.41) is 2.37. The topological polar surface area (TPSA) is 25.6 Å². The molecule has 492 valence electrons. The highest BCUT2D eigenvalue weighted by atomic mass is 16.5. The first-order valence-corrected chi connectivity index (χ1v) is 35.8. The molecule has 0 aliphatic carbocycles. The molecular weight excluding hydrogens is 1270 g/mol. The maximum atomic E-state index is 9.86. The van der Waals surface area contributed by atoms with Crippen LogP contribution in [0.3, 0.4) is 0 Å². The number of para-hydroxylation sites is 7. The van der Waals surface area contributed by atoms with Gasteiger partial charge in [-0.05, 0) is 140 Å². The number of hydrogen-bond donors (Lipinski definition) is 0. The lowest BCUT2D eigenvalue weighted by atomic mass is 9.33. The van der Waals surface area contributed by atoms with Crippen LogP contribution in [-0.4, -0.2) is 15.8 Å². The second-order valence-electron chi connectivity index (χ2n) is 28.0. The van der Waals surface area contributed by atoms with Gasteiger partial charge in [0.15, 0.2) is 0 Å². The Morgan fingerprint density at radius 2 is 0.705 bits per heavy atom. The van der Waals surface area contributed by atoms with E-state index in [1.54, 1.807) is 4.57 Å². The van der Waals surface area contributed by atoms with Crippen LogP contribution in [0.5, 0.6) is 11.5 Å². The van der Waals surface area contributed by atoms with Gasteiger partial charge in [-0.2, -0.15) is 0 Å². The van der Waals surface area contributed by atoms with Crippen LogP contribution in [0.1, 0.15) is 35.9 Å². The van der Waals surface area contributed by atoms with Gasteiger partial charge in [-0.25, -0.2) is 0 Å². The first-order valence-electron chi connectivity index (χ1n) is 39.8. The van der Waals surface area contributed by atoms with Gasteiger partial charge in [-0.3, -0.25) is 0 Å². The number of benzene rings is 16. The van der Waals surface area contributed by atoms with E-state index in [4.69, 9.17) is 7.48 Å². The molecule has 0 amide bonds. The van der Waals surface area contributed by atoms with Gasteiger partial charge < -0.3 is 23.7 Å². The molecule has 0 atom stereocenters. The van der Waals surface area contributed by atoms with E-state index >= 15 is 0 Å². The standard InChI is InChI=1S/C99H67BN4O/c1-99(2)82-43-19-24-48-94(82)105-95-62-70(51-56-83(95)99)71-60-92-96-93(61-71)104(98-76(67-31-11-5-12-32-67)41-26-42-77(98)68-33-13-6-14-34-68)91-63-73(102-88-46-22-17-37-80(88)81-38-18-23-47-89(81)102)55-58-85(91)100(96)84-57-52-69(64-49-53-72(54-50-64)101-86-44-20-15-35-78(86)79-36-16-21-45-87(79)101)59-90(84)103(92)97-74(65-27-7-3-8-28-65)39-25-40-75(97)66-29-9-4-10-30-66/h3-63H,1-2H3/i17D,18D,22D,23D,37D,38D,46D,47D. The zero-order valence-electron chi connectivity index (χ0n) is 65.4. The maximum Gasteiger partial charge on any atom is 0.252 e. The predicted molar refractivity (Wildman–Crippen MR) is 440 cm³/mol. The van der Waals surface area contributed by atoms with Gasteiger partial charge in [-0.1, -0.05) is 305 Å². The average molecular weight is 1350 g/mol. The minimum atomic E-state index is -0.530. The van der Waals surface area contributed by atoms with Crippen molar-refractivity contribution in [2.24, 2.45) is 0 Å². The van der Waals surface area contributed by atoms with Crippen LogP contribution in [0.4, 0.5) is 34.1 Å². The highest BCUT2D eigenvalue weighted by Gasteiger charge is 2.46. The van der Waals surface area contributed by atoms with Gasteiger partial charge in [0.2, 0.25) is 0 Å². The van der Waals surface area contributed by atoms with Crippen LogP contribution >= 0.6 is 0 Å². The third-order valence-corrected chi connectivity index (χ3v) is 22.0. The second kappa shape index (κ2) is 23.9. The van der Waals surface area contributed by atoms with Crippen LogP contribution in [-0.2, 0) is 5.41 Å². The van der Waals surface area contributed by atoms with E-state index in [9.17, 15) is 8.22 Å². The lowest BCUT2D eigenvalue weighted by molar-refractivity contribution is 0.418. The molecule has 16 aromatic carbocycles. The molecule has 0 spiro atoms. The maximum absolute atomic E-state index is 9.86. The molecule has 21 rings (SSSR count). The predicted octanol–water partition coefficient (Wildman–Crippen LogP) is 24.4. The summed E-state index contributed by atoms with van der Waals surface area (Å²) in [6.45, 7) is 3.99. The summed E-state index contributed by atoms with van der Waals surface area (Å²) in [6.07, 6.45) is 0. The van der Waals surface area contributed by atoms with Crippen molar-refractivity contribution < 1.29 is 15.7 Å². The van der Waals surface area contributed by atoms with Crippen LogP contribution in [0.15, 0.2) is 370 Å². The fourth-order valence-corrected chi connectivity index (χ4v) is 17.2. The highest BCUT2D eigenvalue weighted by molar-refractivity contribution is 7.00. The van der Waals surface area contributed by atoms with E-state index in [0.29, 0.717) is 5.69 Å². The molecule has 0 bridgehead atoms. The van der Waals surface area contributed by atoms with E-state index in [2.05, 4.69) is 325 Å². The Bertz CT molecular complexity index is 6800. The van der Waals surface area contributed by atoms with Crippen molar-refractivity contribution in [2.45, 2.75) is 19.3 Å². The molecule has 0 saturated heterocycles. The molecule has 3 aliphatic heterocycles. The lowest BCUT2D eigenvalue weighted by Crippen LogP contribution is -2.61. The summed E-state index contributed by atoms with van der Waals surface area (Å²) in [4.78, 5) is 4.95. The van der Waals surface area contributed by atoms with E-state index in [1.165, 1.54) is 10.8 Å². The van der Waals surface area contributed by atoms with Crippen molar-refractivity contribution in [3.63, 3.8) is 0 Å². The SMILES string of the molecule is [2H]c1c([2H])c([2H])c2c(c1[2H])c1c([2H])c([2H])c([2H])c([2H])c1n2-c1ccc2c(c1)N(c1c(-c3ccccc3)cccc1-c1ccccc1)c1cc(-c3ccc4c(c3)Oc3ccccc3C4(C)C)cc3c1B2c1ccc(-c2ccc(-n4c5ccccc5c5ccccc54)cc2)cc1N3c1c(-c2ccccc2)cccc1-c1ccccc1. The summed E-state index contributed by atoms with van der Waals surface area (Å²) in [5.41, 5.74) is 25.4. The monoisotopic (exact) mass is 1350 g/mol. The minimum absolute atomic E-state index is 0.00185. The van der Waals surface area contributed by atoms with Crippen LogP contribution in [0, 0.1) is 0 Å². The van der Waals surface area contributed by atoms with E-state index < -0.39 is 48.4 Å².